The zero-order chi connectivity index (χ0) is 8.27. The van der Waals surface area contributed by atoms with Crippen LogP contribution in [0, 0.1) is 0 Å². The Morgan fingerprint density at radius 3 is 2.73 bits per heavy atom. The summed E-state index contributed by atoms with van der Waals surface area (Å²) in [6.45, 7) is -0.262. The van der Waals surface area contributed by atoms with Crippen LogP contribution in [0.5, 0.6) is 5.75 Å². The van der Waals surface area contributed by atoms with E-state index in [0.29, 0.717) is 17.0 Å². The number of methoxy groups -OCH3 is 1. The Bertz CT molecular complexity index is 226. The summed E-state index contributed by atoms with van der Waals surface area (Å²) >= 11 is 0. The molecule has 0 aliphatic carbocycles. The Balaban J connectivity index is 3.02. The number of rotatable bonds is 2. The summed E-state index contributed by atoms with van der Waals surface area (Å²) in [6, 6.07) is 5.01. The lowest BCUT2D eigenvalue weighted by Gasteiger charge is -2.02. The first kappa shape index (κ1) is 7.88. The number of nitrogens with two attached hydrogens (primary N) is 1. The molecule has 3 heteroatoms. The van der Waals surface area contributed by atoms with Gasteiger partial charge in [-0.1, -0.05) is 0 Å². The highest BCUT2D eigenvalue weighted by atomic mass is 16.5. The molecule has 0 amide bonds. The maximum atomic E-state index is 10.4. The van der Waals surface area contributed by atoms with E-state index >= 15 is 0 Å². The molecule has 0 heterocycles. The lowest BCUT2D eigenvalue weighted by atomic mass is 10.2. The fourth-order valence-electron chi connectivity index (χ4n) is 0.887. The summed E-state index contributed by atoms with van der Waals surface area (Å²) in [7, 11) is 1.54. The van der Waals surface area contributed by atoms with Crippen LogP contribution < -0.4 is 10.5 Å². The van der Waals surface area contributed by atoms with Gasteiger partial charge in [-0.3, -0.25) is 0 Å². The largest absolute Gasteiger partial charge is 0.497 e. The van der Waals surface area contributed by atoms with E-state index in [4.69, 9.17) is 10.5 Å². The van der Waals surface area contributed by atoms with E-state index < -0.39 is 0 Å². The molecule has 59 valence electrons. The monoisotopic (exact) mass is 152 g/mol. The number of benzene rings is 1. The van der Waals surface area contributed by atoms with Gasteiger partial charge in [0.05, 0.1) is 7.11 Å². The standard InChI is InChI=1S/C8H10NO2/c1-11-8-3-6(5-10)2-7(9)4-8/h2-4H,5,9H2,1H3. The first-order chi connectivity index (χ1) is 5.26. The molecule has 1 radical (unpaired) electrons. The van der Waals surface area contributed by atoms with Crippen LogP contribution in [0.1, 0.15) is 5.56 Å². The third-order valence-corrected chi connectivity index (χ3v) is 1.39. The zero-order valence-corrected chi connectivity index (χ0v) is 6.33. The van der Waals surface area contributed by atoms with E-state index in [-0.39, 0.29) is 6.61 Å². The maximum absolute atomic E-state index is 10.4. The molecule has 0 aliphatic rings. The number of ether oxygens (including phenoxy) is 1. The van der Waals surface area contributed by atoms with Crippen molar-refractivity contribution in [3.8, 4) is 5.75 Å². The van der Waals surface area contributed by atoms with Crippen LogP contribution in [0.15, 0.2) is 18.2 Å². The van der Waals surface area contributed by atoms with Crippen molar-refractivity contribution in [1.29, 1.82) is 0 Å². The lowest BCUT2D eigenvalue weighted by molar-refractivity contribution is 0.177. The molecule has 0 atom stereocenters. The zero-order valence-electron chi connectivity index (χ0n) is 6.33. The van der Waals surface area contributed by atoms with Gasteiger partial charge in [-0.15, -0.1) is 0 Å². The number of anilines is 1. The van der Waals surface area contributed by atoms with Gasteiger partial charge in [-0.05, 0) is 17.7 Å². The third-order valence-electron chi connectivity index (χ3n) is 1.39. The van der Waals surface area contributed by atoms with E-state index in [1.807, 2.05) is 0 Å². The summed E-state index contributed by atoms with van der Waals surface area (Å²) in [5, 5.41) is 10.4. The van der Waals surface area contributed by atoms with Gasteiger partial charge in [0.1, 0.15) is 12.4 Å². The number of hydrogen-bond donors (Lipinski definition) is 1. The van der Waals surface area contributed by atoms with Crippen LogP contribution in [0.25, 0.3) is 0 Å². The van der Waals surface area contributed by atoms with Crippen LogP contribution in [-0.4, -0.2) is 7.11 Å². The van der Waals surface area contributed by atoms with Crippen LogP contribution in [0.4, 0.5) is 5.69 Å². The molecule has 1 rings (SSSR count). The molecule has 0 unspecified atom stereocenters. The van der Waals surface area contributed by atoms with Crippen molar-refractivity contribution in [2.75, 3.05) is 12.8 Å². The van der Waals surface area contributed by atoms with Gasteiger partial charge in [0.2, 0.25) is 0 Å². The average Bonchev–Trinajstić information content (AvgIpc) is 2.03. The van der Waals surface area contributed by atoms with Crippen molar-refractivity contribution >= 4 is 5.69 Å². The van der Waals surface area contributed by atoms with E-state index in [9.17, 15) is 5.11 Å². The van der Waals surface area contributed by atoms with Crippen molar-refractivity contribution in [1.82, 2.24) is 0 Å². The predicted molar refractivity (Wildman–Crippen MR) is 41.8 cm³/mol. The third kappa shape index (κ3) is 1.85. The summed E-state index contributed by atoms with van der Waals surface area (Å²) in [5.74, 6) is 0.635. The van der Waals surface area contributed by atoms with E-state index in [0.717, 1.165) is 0 Å². The molecule has 0 spiro atoms. The van der Waals surface area contributed by atoms with E-state index in [1.165, 1.54) is 0 Å². The van der Waals surface area contributed by atoms with E-state index in [2.05, 4.69) is 0 Å². The smallest absolute Gasteiger partial charge is 0.121 e. The van der Waals surface area contributed by atoms with Crippen molar-refractivity contribution in [2.45, 2.75) is 6.61 Å². The first-order valence-corrected chi connectivity index (χ1v) is 3.28. The second-order valence-corrected chi connectivity index (χ2v) is 2.26. The molecule has 0 saturated carbocycles. The summed E-state index contributed by atoms with van der Waals surface area (Å²) in [5.41, 5.74) is 6.71. The molecule has 1 aromatic rings. The summed E-state index contributed by atoms with van der Waals surface area (Å²) < 4.78 is 4.92. The van der Waals surface area contributed by atoms with Crippen molar-refractivity contribution in [3.63, 3.8) is 0 Å². The van der Waals surface area contributed by atoms with Gasteiger partial charge in [0.15, 0.2) is 0 Å². The average molecular weight is 152 g/mol. The Morgan fingerprint density at radius 1 is 1.45 bits per heavy atom. The predicted octanol–water partition coefficient (Wildman–Crippen LogP) is 1.21. The molecule has 0 bridgehead atoms. The molecular formula is C8H10NO2. The minimum Gasteiger partial charge on any atom is -0.497 e. The lowest BCUT2D eigenvalue weighted by Crippen LogP contribution is -1.91. The Hall–Kier alpha value is -1.22. The minimum absolute atomic E-state index is 0.262. The maximum Gasteiger partial charge on any atom is 0.121 e. The number of nitrogen functional groups attached to an aromatic ring is 1. The number of hydrogen-bond acceptors (Lipinski definition) is 2. The molecular weight excluding hydrogens is 142 g/mol. The van der Waals surface area contributed by atoms with Gasteiger partial charge in [0.25, 0.3) is 0 Å². The van der Waals surface area contributed by atoms with Crippen LogP contribution in [-0.2, 0) is 11.7 Å². The second-order valence-electron chi connectivity index (χ2n) is 2.26. The van der Waals surface area contributed by atoms with Gasteiger partial charge in [-0.2, -0.15) is 0 Å². The van der Waals surface area contributed by atoms with Gasteiger partial charge in [-0.25, -0.2) is 5.11 Å². The molecule has 0 aliphatic heterocycles. The van der Waals surface area contributed by atoms with Gasteiger partial charge in [0, 0.05) is 11.8 Å². The van der Waals surface area contributed by atoms with Crippen LogP contribution in [0.2, 0.25) is 0 Å². The Kier molecular flexibility index (Phi) is 2.33. The highest BCUT2D eigenvalue weighted by Gasteiger charge is 1.97. The normalized spacial score (nSPS) is 9.64. The quantitative estimate of drug-likeness (QED) is 0.647. The molecule has 3 nitrogen and oxygen atoms in total. The Morgan fingerprint density at radius 2 is 2.18 bits per heavy atom. The summed E-state index contributed by atoms with van der Waals surface area (Å²) in [6.07, 6.45) is 0. The molecule has 0 fully saturated rings. The van der Waals surface area contributed by atoms with Gasteiger partial charge < -0.3 is 10.5 Å². The second kappa shape index (κ2) is 3.25. The molecule has 11 heavy (non-hydrogen) atoms. The Labute approximate surface area is 65.4 Å². The minimum atomic E-state index is -0.262. The van der Waals surface area contributed by atoms with Crippen LogP contribution >= 0.6 is 0 Å². The molecule has 0 aromatic heterocycles. The highest BCUT2D eigenvalue weighted by Crippen LogP contribution is 2.18. The molecule has 2 N–H and O–H groups in total. The van der Waals surface area contributed by atoms with Crippen LogP contribution in [0.3, 0.4) is 0 Å². The van der Waals surface area contributed by atoms with Crippen molar-refractivity contribution in [2.24, 2.45) is 0 Å². The fraction of sp³-hybridized carbons (Fsp3) is 0.250. The topological polar surface area (TPSA) is 55.1 Å². The first-order valence-electron chi connectivity index (χ1n) is 3.28. The SMILES string of the molecule is COc1cc(N)cc(C[O])c1. The van der Waals surface area contributed by atoms with Gasteiger partial charge >= 0.3 is 0 Å². The summed E-state index contributed by atoms with van der Waals surface area (Å²) in [4.78, 5) is 0. The van der Waals surface area contributed by atoms with Crippen molar-refractivity contribution in [3.05, 3.63) is 23.8 Å². The molecule has 0 saturated heterocycles. The van der Waals surface area contributed by atoms with E-state index in [1.54, 1.807) is 25.3 Å². The molecule has 1 aromatic carbocycles. The van der Waals surface area contributed by atoms with Crippen molar-refractivity contribution < 1.29 is 9.84 Å². The fourth-order valence-corrected chi connectivity index (χ4v) is 0.887. The highest BCUT2D eigenvalue weighted by molar-refractivity contribution is 5.47.